The van der Waals surface area contributed by atoms with Crippen LogP contribution >= 0.6 is 0 Å². The molecule has 3 nitrogen and oxygen atoms in total. The Kier molecular flexibility index (Phi) is 6.32. The lowest BCUT2D eigenvalue weighted by Crippen LogP contribution is -2.54. The summed E-state index contributed by atoms with van der Waals surface area (Å²) >= 11 is 0. The van der Waals surface area contributed by atoms with Gasteiger partial charge >= 0.3 is 6.18 Å². The molecule has 2 unspecified atom stereocenters. The van der Waals surface area contributed by atoms with Crippen LogP contribution in [0.1, 0.15) is 45.1 Å². The van der Waals surface area contributed by atoms with Crippen molar-refractivity contribution in [2.45, 2.75) is 58.2 Å². The molecule has 0 spiro atoms. The van der Waals surface area contributed by atoms with E-state index in [4.69, 9.17) is 0 Å². The van der Waals surface area contributed by atoms with E-state index in [0.29, 0.717) is 24.9 Å². The van der Waals surface area contributed by atoms with E-state index in [2.05, 4.69) is 12.2 Å². The summed E-state index contributed by atoms with van der Waals surface area (Å²) < 4.78 is 54.6. The number of anilines is 1. The highest BCUT2D eigenvalue weighted by Crippen LogP contribution is 2.35. The maximum absolute atomic E-state index is 14.2. The van der Waals surface area contributed by atoms with Gasteiger partial charge in [0, 0.05) is 0 Å². The third-order valence-electron chi connectivity index (χ3n) is 5.98. The van der Waals surface area contributed by atoms with Gasteiger partial charge in [-0.3, -0.25) is 9.69 Å². The molecule has 0 aromatic heterocycles. The van der Waals surface area contributed by atoms with Crippen molar-refractivity contribution in [3.63, 3.8) is 0 Å². The van der Waals surface area contributed by atoms with Crippen LogP contribution in [0.25, 0.3) is 0 Å². The van der Waals surface area contributed by atoms with Crippen molar-refractivity contribution in [2.24, 2.45) is 17.8 Å². The van der Waals surface area contributed by atoms with E-state index < -0.39 is 29.9 Å². The Hall–Kier alpha value is -1.63. The van der Waals surface area contributed by atoms with Gasteiger partial charge in [-0.15, -0.1) is 0 Å². The van der Waals surface area contributed by atoms with Gasteiger partial charge in [0.15, 0.2) is 0 Å². The molecule has 0 bridgehead atoms. The number of hydrogen-bond acceptors (Lipinski definition) is 2. The minimum Gasteiger partial charge on any atom is -0.322 e. The fourth-order valence-corrected chi connectivity index (χ4v) is 3.85. The number of nitrogens with zero attached hydrogens (tertiary/aromatic N) is 1. The number of alkyl halides is 3. The quantitative estimate of drug-likeness (QED) is 0.681. The Balaban J connectivity index is 1.78. The van der Waals surface area contributed by atoms with E-state index in [1.165, 1.54) is 6.07 Å². The van der Waals surface area contributed by atoms with Crippen LogP contribution in [0.15, 0.2) is 18.2 Å². The van der Waals surface area contributed by atoms with Crippen LogP contribution in [0.4, 0.5) is 23.2 Å². The average molecular weight is 400 g/mol. The molecule has 1 heterocycles. The second-order valence-electron chi connectivity index (χ2n) is 8.44. The summed E-state index contributed by atoms with van der Waals surface area (Å²) in [6, 6.07) is 3.14. The molecule has 7 heteroatoms. The standard InChI is InChI=1S/C21H28F4N2O/c1-13-7-9-27(10-8-13)19(14(2)21(23,24)25)20(28)26-18-12-16(5-6-17(18)22)11-15-3-4-15/h5-6,12-15,19H,3-4,7-11H2,1-2H3,(H,26,28). The van der Waals surface area contributed by atoms with Crippen molar-refractivity contribution in [1.82, 2.24) is 4.90 Å². The number of carbonyl (C=O) groups excluding carboxylic acids is 1. The molecule has 0 radical (unpaired) electrons. The number of likely N-dealkylation sites (tertiary alicyclic amines) is 1. The van der Waals surface area contributed by atoms with Gasteiger partial charge in [0.1, 0.15) is 11.9 Å². The number of piperidine rings is 1. The molecule has 1 aromatic rings. The normalized spacial score (nSPS) is 21.4. The zero-order valence-corrected chi connectivity index (χ0v) is 16.4. The molecule has 156 valence electrons. The van der Waals surface area contributed by atoms with E-state index in [1.54, 1.807) is 17.0 Å². The Morgan fingerprint density at radius 3 is 2.43 bits per heavy atom. The number of rotatable bonds is 6. The summed E-state index contributed by atoms with van der Waals surface area (Å²) in [5, 5.41) is 2.45. The van der Waals surface area contributed by atoms with Crippen LogP contribution < -0.4 is 5.32 Å². The van der Waals surface area contributed by atoms with E-state index in [9.17, 15) is 22.4 Å². The molecule has 1 aliphatic heterocycles. The molecule has 2 atom stereocenters. The summed E-state index contributed by atoms with van der Waals surface area (Å²) in [5.74, 6) is -2.24. The van der Waals surface area contributed by atoms with Gasteiger partial charge in [0.25, 0.3) is 0 Å². The number of benzene rings is 1. The molecule has 2 aliphatic rings. The van der Waals surface area contributed by atoms with Crippen molar-refractivity contribution in [2.75, 3.05) is 18.4 Å². The molecule has 1 aliphatic carbocycles. The SMILES string of the molecule is CC1CCN(C(C(=O)Nc2cc(CC3CC3)ccc2F)C(C)C(F)(F)F)CC1. The number of amides is 1. The summed E-state index contributed by atoms with van der Waals surface area (Å²) in [6.45, 7) is 3.95. The molecule has 1 amide bonds. The Morgan fingerprint density at radius 2 is 1.86 bits per heavy atom. The van der Waals surface area contributed by atoms with Gasteiger partial charge in [-0.25, -0.2) is 4.39 Å². The van der Waals surface area contributed by atoms with E-state index in [0.717, 1.165) is 44.6 Å². The van der Waals surface area contributed by atoms with Crippen LogP contribution in [0.2, 0.25) is 0 Å². The largest absolute Gasteiger partial charge is 0.393 e. The van der Waals surface area contributed by atoms with Crippen molar-refractivity contribution in [1.29, 1.82) is 0 Å². The first-order valence-electron chi connectivity index (χ1n) is 10.0. The molecular formula is C21H28F4N2O. The van der Waals surface area contributed by atoms with Crippen LogP contribution in [0.3, 0.4) is 0 Å². The first-order chi connectivity index (χ1) is 13.1. The smallest absolute Gasteiger partial charge is 0.322 e. The molecule has 1 N–H and O–H groups in total. The van der Waals surface area contributed by atoms with Crippen LogP contribution in [-0.4, -0.2) is 36.1 Å². The highest BCUT2D eigenvalue weighted by atomic mass is 19.4. The lowest BCUT2D eigenvalue weighted by molar-refractivity contribution is -0.189. The maximum Gasteiger partial charge on any atom is 0.393 e. The maximum atomic E-state index is 14.2. The predicted octanol–water partition coefficient (Wildman–Crippen LogP) is 5.02. The molecule has 3 rings (SSSR count). The molecule has 1 aromatic carbocycles. The summed E-state index contributed by atoms with van der Waals surface area (Å²) in [7, 11) is 0. The van der Waals surface area contributed by atoms with Gasteiger partial charge in [-0.05, 0) is 74.7 Å². The van der Waals surface area contributed by atoms with Crippen molar-refractivity contribution in [3.05, 3.63) is 29.6 Å². The highest BCUT2D eigenvalue weighted by Gasteiger charge is 2.47. The second-order valence-corrected chi connectivity index (χ2v) is 8.44. The zero-order chi connectivity index (χ0) is 20.5. The molecule has 28 heavy (non-hydrogen) atoms. The lowest BCUT2D eigenvalue weighted by Gasteiger charge is -2.39. The molecule has 2 fully saturated rings. The van der Waals surface area contributed by atoms with Crippen molar-refractivity contribution < 1.29 is 22.4 Å². The fourth-order valence-electron chi connectivity index (χ4n) is 3.85. The van der Waals surface area contributed by atoms with Gasteiger partial charge in [0.05, 0.1) is 11.6 Å². The minimum absolute atomic E-state index is 0.0344. The second kappa shape index (κ2) is 8.39. The Bertz CT molecular complexity index is 694. The number of nitrogens with one attached hydrogen (secondary N) is 1. The van der Waals surface area contributed by atoms with Crippen LogP contribution in [0.5, 0.6) is 0 Å². The third kappa shape index (κ3) is 5.25. The number of carbonyl (C=O) groups is 1. The highest BCUT2D eigenvalue weighted by molar-refractivity contribution is 5.95. The van der Waals surface area contributed by atoms with Gasteiger partial charge in [0.2, 0.25) is 5.91 Å². The third-order valence-corrected chi connectivity index (χ3v) is 5.98. The van der Waals surface area contributed by atoms with E-state index in [-0.39, 0.29) is 5.69 Å². The monoisotopic (exact) mass is 400 g/mol. The first kappa shape index (κ1) is 21.1. The van der Waals surface area contributed by atoms with Crippen LogP contribution in [-0.2, 0) is 11.2 Å². The zero-order valence-electron chi connectivity index (χ0n) is 16.4. The average Bonchev–Trinajstić information content (AvgIpc) is 3.43. The lowest BCUT2D eigenvalue weighted by atomic mass is 9.92. The van der Waals surface area contributed by atoms with Crippen LogP contribution in [0, 0.1) is 23.6 Å². The number of hydrogen-bond donors (Lipinski definition) is 1. The summed E-state index contributed by atoms with van der Waals surface area (Å²) in [4.78, 5) is 14.5. The summed E-state index contributed by atoms with van der Waals surface area (Å²) in [6.07, 6.45) is 0.0708. The van der Waals surface area contributed by atoms with Gasteiger partial charge < -0.3 is 5.32 Å². The molecule has 1 saturated carbocycles. The first-order valence-corrected chi connectivity index (χ1v) is 10.0. The summed E-state index contributed by atoms with van der Waals surface area (Å²) in [5.41, 5.74) is 0.860. The van der Waals surface area contributed by atoms with E-state index >= 15 is 0 Å². The molecular weight excluding hydrogens is 372 g/mol. The Labute approximate surface area is 163 Å². The molecule has 1 saturated heterocycles. The van der Waals surface area contributed by atoms with Crippen molar-refractivity contribution >= 4 is 11.6 Å². The topological polar surface area (TPSA) is 32.3 Å². The van der Waals surface area contributed by atoms with Crippen molar-refractivity contribution in [3.8, 4) is 0 Å². The number of halogens is 4. The van der Waals surface area contributed by atoms with Gasteiger partial charge in [-0.1, -0.05) is 19.9 Å². The Morgan fingerprint density at radius 1 is 1.21 bits per heavy atom. The fraction of sp³-hybridized carbons (Fsp3) is 0.667. The predicted molar refractivity (Wildman–Crippen MR) is 100 cm³/mol. The van der Waals surface area contributed by atoms with Gasteiger partial charge in [-0.2, -0.15) is 13.2 Å². The van der Waals surface area contributed by atoms with E-state index in [1.807, 2.05) is 0 Å². The minimum atomic E-state index is -4.50.